The summed E-state index contributed by atoms with van der Waals surface area (Å²) in [7, 11) is 2.08. The number of likely N-dealkylation sites (N-methyl/N-ethyl adjacent to an activating group) is 1. The largest absolute Gasteiger partial charge is 0.454 e. The van der Waals surface area contributed by atoms with Crippen LogP contribution in [0.3, 0.4) is 0 Å². The predicted octanol–water partition coefficient (Wildman–Crippen LogP) is 2.56. The molecule has 0 saturated heterocycles. The fourth-order valence-corrected chi connectivity index (χ4v) is 3.79. The second-order valence-corrected chi connectivity index (χ2v) is 6.89. The Morgan fingerprint density at radius 2 is 1.69 bits per heavy atom. The van der Waals surface area contributed by atoms with Gasteiger partial charge in [-0.25, -0.2) is 0 Å². The van der Waals surface area contributed by atoms with Gasteiger partial charge in [0, 0.05) is 30.6 Å². The number of Topliss-reactive ketones (excluding diaryl/α,β-unsaturated/α-hetero) is 1. The fraction of sp³-hybridized carbons (Fsp3) is 0.350. The van der Waals surface area contributed by atoms with Crippen molar-refractivity contribution in [3.63, 3.8) is 0 Å². The Morgan fingerprint density at radius 3 is 2.58 bits per heavy atom. The SMILES string of the molecule is CN1CCc2cc3c(cc2C(=O)Cc2ccc4c(c2C1)OCO4)OCO3. The van der Waals surface area contributed by atoms with Gasteiger partial charge in [-0.2, -0.15) is 0 Å². The lowest BCUT2D eigenvalue weighted by Crippen LogP contribution is -2.24. The lowest BCUT2D eigenvalue weighted by Gasteiger charge is -2.22. The molecule has 2 aromatic rings. The maximum Gasteiger partial charge on any atom is 0.231 e. The maximum atomic E-state index is 13.1. The predicted molar refractivity (Wildman–Crippen MR) is 93.2 cm³/mol. The molecule has 3 aliphatic rings. The number of rotatable bonds is 0. The zero-order valence-electron chi connectivity index (χ0n) is 14.5. The number of carbonyl (C=O) groups excluding carboxylic acids is 1. The minimum Gasteiger partial charge on any atom is -0.454 e. The molecule has 0 fully saturated rings. The van der Waals surface area contributed by atoms with Crippen LogP contribution in [0.2, 0.25) is 0 Å². The summed E-state index contributed by atoms with van der Waals surface area (Å²) in [5, 5.41) is 0. The van der Waals surface area contributed by atoms with Gasteiger partial charge >= 0.3 is 0 Å². The van der Waals surface area contributed by atoms with Crippen LogP contribution in [0.15, 0.2) is 24.3 Å². The summed E-state index contributed by atoms with van der Waals surface area (Å²) >= 11 is 0. The van der Waals surface area contributed by atoms with Gasteiger partial charge in [0.15, 0.2) is 28.8 Å². The number of fused-ring (bicyclic) bond motifs is 5. The van der Waals surface area contributed by atoms with Gasteiger partial charge in [-0.05, 0) is 42.8 Å². The number of carbonyl (C=O) groups is 1. The van der Waals surface area contributed by atoms with Crippen molar-refractivity contribution < 1.29 is 23.7 Å². The minimum atomic E-state index is 0.0861. The van der Waals surface area contributed by atoms with E-state index in [4.69, 9.17) is 18.9 Å². The van der Waals surface area contributed by atoms with Crippen molar-refractivity contribution in [1.82, 2.24) is 4.90 Å². The number of hydrogen-bond acceptors (Lipinski definition) is 6. The molecular weight excluding hydrogens is 334 g/mol. The molecule has 26 heavy (non-hydrogen) atoms. The summed E-state index contributed by atoms with van der Waals surface area (Å²) < 4.78 is 22.1. The third-order valence-electron chi connectivity index (χ3n) is 5.18. The van der Waals surface area contributed by atoms with Crippen LogP contribution in [0.5, 0.6) is 23.0 Å². The molecule has 0 bridgehead atoms. The molecular formula is C20H19NO5. The first kappa shape index (κ1) is 15.5. The molecule has 0 saturated carbocycles. The Morgan fingerprint density at radius 1 is 0.923 bits per heavy atom. The lowest BCUT2D eigenvalue weighted by molar-refractivity contribution is 0.0990. The number of ether oxygens (including phenoxy) is 4. The molecule has 6 nitrogen and oxygen atoms in total. The third-order valence-corrected chi connectivity index (χ3v) is 5.18. The molecule has 0 spiro atoms. The first-order valence-corrected chi connectivity index (χ1v) is 8.73. The Balaban J connectivity index is 1.60. The van der Waals surface area contributed by atoms with Crippen LogP contribution in [0, 0.1) is 0 Å². The van der Waals surface area contributed by atoms with E-state index in [1.165, 1.54) is 0 Å². The second-order valence-electron chi connectivity index (χ2n) is 6.89. The van der Waals surface area contributed by atoms with Crippen LogP contribution in [-0.2, 0) is 19.4 Å². The van der Waals surface area contributed by atoms with Crippen LogP contribution < -0.4 is 18.9 Å². The summed E-state index contributed by atoms with van der Waals surface area (Å²) in [6.07, 6.45) is 1.10. The van der Waals surface area contributed by atoms with E-state index in [1.807, 2.05) is 24.3 Å². The minimum absolute atomic E-state index is 0.0861. The molecule has 0 aromatic heterocycles. The molecule has 3 aliphatic heterocycles. The molecule has 6 heteroatoms. The monoisotopic (exact) mass is 353 g/mol. The highest BCUT2D eigenvalue weighted by Gasteiger charge is 2.26. The van der Waals surface area contributed by atoms with E-state index in [0.29, 0.717) is 17.7 Å². The normalized spacial score (nSPS) is 18.4. The van der Waals surface area contributed by atoms with Crippen LogP contribution >= 0.6 is 0 Å². The number of nitrogens with zero attached hydrogens (tertiary/aromatic N) is 1. The Labute approximate surface area is 151 Å². The summed E-state index contributed by atoms with van der Waals surface area (Å²) in [6, 6.07) is 7.64. The van der Waals surface area contributed by atoms with E-state index in [2.05, 4.69) is 11.9 Å². The summed E-state index contributed by atoms with van der Waals surface area (Å²) in [6.45, 7) is 1.98. The van der Waals surface area contributed by atoms with E-state index in [-0.39, 0.29) is 19.4 Å². The molecule has 0 unspecified atom stereocenters. The van der Waals surface area contributed by atoms with Gasteiger partial charge in [0.05, 0.1) is 0 Å². The molecule has 134 valence electrons. The van der Waals surface area contributed by atoms with E-state index >= 15 is 0 Å². The molecule has 0 radical (unpaired) electrons. The van der Waals surface area contributed by atoms with Gasteiger partial charge in [-0.3, -0.25) is 4.79 Å². The second kappa shape index (κ2) is 5.92. The Bertz CT molecular complexity index is 908. The summed E-state index contributed by atoms with van der Waals surface area (Å²) in [4.78, 5) is 15.3. The first-order chi connectivity index (χ1) is 12.7. The highest BCUT2D eigenvalue weighted by Crippen LogP contribution is 2.40. The quantitative estimate of drug-likeness (QED) is 0.726. The fourth-order valence-electron chi connectivity index (χ4n) is 3.79. The van der Waals surface area contributed by atoms with Crippen molar-refractivity contribution in [3.8, 4) is 23.0 Å². The van der Waals surface area contributed by atoms with Crippen LogP contribution in [0.4, 0.5) is 0 Å². The van der Waals surface area contributed by atoms with E-state index in [1.54, 1.807) is 0 Å². The Kier molecular flexibility index (Phi) is 3.53. The van der Waals surface area contributed by atoms with Crippen LogP contribution in [0.1, 0.15) is 27.0 Å². The highest BCUT2D eigenvalue weighted by atomic mass is 16.7. The summed E-state index contributed by atoms with van der Waals surface area (Å²) in [5.41, 5.74) is 3.75. The van der Waals surface area contributed by atoms with Crippen molar-refractivity contribution in [2.75, 3.05) is 27.2 Å². The molecule has 3 heterocycles. The molecule has 5 rings (SSSR count). The van der Waals surface area contributed by atoms with E-state index in [9.17, 15) is 4.79 Å². The number of ketones is 1. The van der Waals surface area contributed by atoms with Gasteiger partial charge in [0.1, 0.15) is 0 Å². The van der Waals surface area contributed by atoms with Crippen molar-refractivity contribution in [1.29, 1.82) is 0 Å². The van der Waals surface area contributed by atoms with E-state index < -0.39 is 0 Å². The maximum absolute atomic E-state index is 13.1. The highest BCUT2D eigenvalue weighted by molar-refractivity contribution is 6.00. The average molecular weight is 353 g/mol. The zero-order valence-corrected chi connectivity index (χ0v) is 14.5. The first-order valence-electron chi connectivity index (χ1n) is 8.73. The lowest BCUT2D eigenvalue weighted by atomic mass is 9.92. The molecule has 2 aromatic carbocycles. The smallest absolute Gasteiger partial charge is 0.231 e. The van der Waals surface area contributed by atoms with Crippen LogP contribution in [-0.4, -0.2) is 37.9 Å². The third kappa shape index (κ3) is 2.49. The van der Waals surface area contributed by atoms with Gasteiger partial charge in [0.25, 0.3) is 0 Å². The van der Waals surface area contributed by atoms with Crippen molar-refractivity contribution in [2.45, 2.75) is 19.4 Å². The van der Waals surface area contributed by atoms with Gasteiger partial charge < -0.3 is 23.8 Å². The number of benzene rings is 2. The van der Waals surface area contributed by atoms with Crippen molar-refractivity contribution >= 4 is 5.78 Å². The molecule has 0 atom stereocenters. The van der Waals surface area contributed by atoms with Gasteiger partial charge in [0.2, 0.25) is 13.6 Å². The van der Waals surface area contributed by atoms with Crippen molar-refractivity contribution in [2.24, 2.45) is 0 Å². The molecule has 0 aliphatic carbocycles. The summed E-state index contributed by atoms with van der Waals surface area (Å²) in [5.74, 6) is 2.98. The topological polar surface area (TPSA) is 57.2 Å². The number of hydrogen-bond donors (Lipinski definition) is 0. The van der Waals surface area contributed by atoms with E-state index in [0.717, 1.165) is 53.4 Å². The van der Waals surface area contributed by atoms with Crippen LogP contribution in [0.25, 0.3) is 0 Å². The molecule has 0 N–H and O–H groups in total. The molecule has 0 amide bonds. The average Bonchev–Trinajstić information content (AvgIpc) is 3.28. The van der Waals surface area contributed by atoms with Gasteiger partial charge in [-0.15, -0.1) is 0 Å². The standard InChI is InChI=1S/C20H19NO5/c1-21-5-4-13-7-18-19(25-10-24-18)8-14(13)16(22)6-12-2-3-17-20(15(12)9-21)26-11-23-17/h2-3,7-8H,4-6,9-11H2,1H3. The van der Waals surface area contributed by atoms with Crippen molar-refractivity contribution in [3.05, 3.63) is 46.5 Å². The Hall–Kier alpha value is -2.73. The zero-order chi connectivity index (χ0) is 17.7. The van der Waals surface area contributed by atoms with Gasteiger partial charge in [-0.1, -0.05) is 6.07 Å².